The first-order valence-electron chi connectivity index (χ1n) is 5.70. The molecule has 8 heteroatoms. The summed E-state index contributed by atoms with van der Waals surface area (Å²) in [5.41, 5.74) is 0.262. The highest BCUT2D eigenvalue weighted by Crippen LogP contribution is 2.16. The van der Waals surface area contributed by atoms with Gasteiger partial charge in [0, 0.05) is 0 Å². The Morgan fingerprint density at radius 1 is 1.25 bits per heavy atom. The van der Waals surface area contributed by atoms with E-state index in [1.807, 2.05) is 0 Å². The molecule has 1 atom stereocenters. The first kappa shape index (κ1) is 16.0. The molecule has 1 aromatic rings. The van der Waals surface area contributed by atoms with Crippen molar-refractivity contribution in [1.82, 2.24) is 5.32 Å². The van der Waals surface area contributed by atoms with Crippen molar-refractivity contribution in [3.63, 3.8) is 0 Å². The van der Waals surface area contributed by atoms with Crippen LogP contribution in [0.1, 0.15) is 17.3 Å². The molecular weight excluding hydrogens is 284 g/mol. The molecule has 1 rings (SSSR count). The van der Waals surface area contributed by atoms with Crippen LogP contribution in [0.5, 0.6) is 0 Å². The zero-order chi connectivity index (χ0) is 15.3. The number of hydrogen-bond donors (Lipinski definition) is 2. The molecule has 2 N–H and O–H groups in total. The maximum atomic E-state index is 12.0. The summed E-state index contributed by atoms with van der Waals surface area (Å²) in [7, 11) is -2.29. The predicted octanol–water partition coefficient (Wildman–Crippen LogP) is 0.349. The van der Waals surface area contributed by atoms with Crippen molar-refractivity contribution < 1.29 is 22.7 Å². The van der Waals surface area contributed by atoms with Crippen LogP contribution in [0.4, 0.5) is 5.69 Å². The molecule has 0 unspecified atom stereocenters. The minimum Gasteiger partial charge on any atom is -0.467 e. The number of methoxy groups -OCH3 is 1. The van der Waals surface area contributed by atoms with Gasteiger partial charge in [-0.1, -0.05) is 12.1 Å². The van der Waals surface area contributed by atoms with Crippen molar-refractivity contribution in [2.75, 3.05) is 18.1 Å². The molecule has 110 valence electrons. The summed E-state index contributed by atoms with van der Waals surface area (Å²) >= 11 is 0. The number of ether oxygens (including phenoxy) is 1. The number of carbonyl (C=O) groups excluding carboxylic acids is 2. The van der Waals surface area contributed by atoms with E-state index < -0.39 is 27.9 Å². The van der Waals surface area contributed by atoms with Crippen LogP contribution >= 0.6 is 0 Å². The maximum absolute atomic E-state index is 12.0. The third-order valence-electron chi connectivity index (χ3n) is 2.37. The van der Waals surface area contributed by atoms with E-state index in [9.17, 15) is 18.0 Å². The van der Waals surface area contributed by atoms with Gasteiger partial charge in [0.1, 0.15) is 6.04 Å². The molecule has 20 heavy (non-hydrogen) atoms. The normalized spacial score (nSPS) is 12.3. The van der Waals surface area contributed by atoms with Crippen molar-refractivity contribution >= 4 is 27.6 Å². The van der Waals surface area contributed by atoms with E-state index in [4.69, 9.17) is 0 Å². The molecule has 0 saturated carbocycles. The zero-order valence-electron chi connectivity index (χ0n) is 11.3. The zero-order valence-corrected chi connectivity index (χ0v) is 12.2. The average Bonchev–Trinajstić information content (AvgIpc) is 2.36. The van der Waals surface area contributed by atoms with Gasteiger partial charge in [-0.25, -0.2) is 13.2 Å². The van der Waals surface area contributed by atoms with Gasteiger partial charge in [0.05, 0.1) is 24.6 Å². The topological polar surface area (TPSA) is 102 Å². The molecule has 0 aliphatic heterocycles. The SMILES string of the molecule is COC(=O)[C@H](C)NC(=O)c1ccccc1NS(C)(=O)=O. The third-order valence-corrected chi connectivity index (χ3v) is 2.96. The Balaban J connectivity index is 2.96. The van der Waals surface area contributed by atoms with Gasteiger partial charge in [0.15, 0.2) is 0 Å². The third kappa shape index (κ3) is 4.54. The summed E-state index contributed by atoms with van der Waals surface area (Å²) in [6, 6.07) is 5.25. The van der Waals surface area contributed by atoms with Crippen molar-refractivity contribution in [3.8, 4) is 0 Å². The molecule has 0 spiro atoms. The Labute approximate surface area is 117 Å². The Morgan fingerprint density at radius 3 is 2.40 bits per heavy atom. The summed E-state index contributed by atoms with van der Waals surface area (Å²) in [5.74, 6) is -1.17. The van der Waals surface area contributed by atoms with Crippen LogP contribution in [-0.2, 0) is 19.6 Å². The number of carbonyl (C=O) groups is 2. The van der Waals surface area contributed by atoms with E-state index in [-0.39, 0.29) is 11.3 Å². The highest BCUT2D eigenvalue weighted by atomic mass is 32.2. The van der Waals surface area contributed by atoms with Gasteiger partial charge in [-0.15, -0.1) is 0 Å². The van der Waals surface area contributed by atoms with Gasteiger partial charge < -0.3 is 10.1 Å². The number of esters is 1. The summed E-state index contributed by atoms with van der Waals surface area (Å²) in [4.78, 5) is 23.3. The largest absolute Gasteiger partial charge is 0.467 e. The standard InChI is InChI=1S/C12H16N2O5S/c1-8(12(16)19-2)13-11(15)9-6-4-5-7-10(9)14-20(3,17)18/h4-8,14H,1-3H3,(H,13,15)/t8-/m0/s1. The Bertz CT molecular complexity index is 612. The Kier molecular flexibility index (Phi) is 5.09. The minimum atomic E-state index is -3.50. The van der Waals surface area contributed by atoms with Gasteiger partial charge in [0.2, 0.25) is 10.0 Å². The molecule has 0 heterocycles. The first-order valence-corrected chi connectivity index (χ1v) is 7.59. The van der Waals surface area contributed by atoms with Gasteiger partial charge in [0.25, 0.3) is 5.91 Å². The average molecular weight is 300 g/mol. The molecule has 0 aliphatic carbocycles. The number of amides is 1. The molecular formula is C12H16N2O5S. The smallest absolute Gasteiger partial charge is 0.328 e. The van der Waals surface area contributed by atoms with Crippen molar-refractivity contribution in [1.29, 1.82) is 0 Å². The summed E-state index contributed by atoms with van der Waals surface area (Å²) < 4.78 is 29.2. The summed E-state index contributed by atoms with van der Waals surface area (Å²) in [6.45, 7) is 1.47. The predicted molar refractivity (Wildman–Crippen MR) is 73.9 cm³/mol. The lowest BCUT2D eigenvalue weighted by molar-refractivity contribution is -0.142. The number of nitrogens with one attached hydrogen (secondary N) is 2. The number of benzene rings is 1. The maximum Gasteiger partial charge on any atom is 0.328 e. The van der Waals surface area contributed by atoms with Gasteiger partial charge in [-0.3, -0.25) is 9.52 Å². The van der Waals surface area contributed by atoms with Crippen LogP contribution < -0.4 is 10.0 Å². The van der Waals surface area contributed by atoms with Gasteiger partial charge in [-0.2, -0.15) is 0 Å². The second kappa shape index (κ2) is 6.38. The van der Waals surface area contributed by atoms with Crippen molar-refractivity contribution in [3.05, 3.63) is 29.8 Å². The lowest BCUT2D eigenvalue weighted by Crippen LogP contribution is -2.39. The van der Waals surface area contributed by atoms with Crippen LogP contribution in [-0.4, -0.2) is 39.7 Å². The molecule has 0 bridgehead atoms. The summed E-state index contributed by atoms with van der Waals surface area (Å²) in [5, 5.41) is 2.42. The fourth-order valence-electron chi connectivity index (χ4n) is 1.48. The van der Waals surface area contributed by atoms with E-state index in [1.54, 1.807) is 12.1 Å². The first-order chi connectivity index (χ1) is 9.24. The highest BCUT2D eigenvalue weighted by molar-refractivity contribution is 7.92. The molecule has 0 saturated heterocycles. The second-order valence-corrected chi connectivity index (χ2v) is 5.89. The highest BCUT2D eigenvalue weighted by Gasteiger charge is 2.19. The fraction of sp³-hybridized carbons (Fsp3) is 0.333. The van der Waals surface area contributed by atoms with E-state index in [0.717, 1.165) is 6.26 Å². The molecule has 1 amide bonds. The second-order valence-electron chi connectivity index (χ2n) is 4.14. The quantitative estimate of drug-likeness (QED) is 0.764. The van der Waals surface area contributed by atoms with Crippen LogP contribution in [0.15, 0.2) is 24.3 Å². The number of sulfonamides is 1. The number of rotatable bonds is 5. The molecule has 1 aromatic carbocycles. The lowest BCUT2D eigenvalue weighted by atomic mass is 10.1. The molecule has 0 radical (unpaired) electrons. The van der Waals surface area contributed by atoms with E-state index in [0.29, 0.717) is 0 Å². The van der Waals surface area contributed by atoms with Crippen LogP contribution in [0, 0.1) is 0 Å². The van der Waals surface area contributed by atoms with Crippen LogP contribution in [0.3, 0.4) is 0 Å². The fourth-order valence-corrected chi connectivity index (χ4v) is 2.06. The number of hydrogen-bond acceptors (Lipinski definition) is 5. The van der Waals surface area contributed by atoms with E-state index in [2.05, 4.69) is 14.8 Å². The van der Waals surface area contributed by atoms with E-state index >= 15 is 0 Å². The van der Waals surface area contributed by atoms with Crippen molar-refractivity contribution in [2.45, 2.75) is 13.0 Å². The van der Waals surface area contributed by atoms with Gasteiger partial charge in [-0.05, 0) is 19.1 Å². The van der Waals surface area contributed by atoms with Crippen LogP contribution in [0.2, 0.25) is 0 Å². The Morgan fingerprint density at radius 2 is 1.85 bits per heavy atom. The molecule has 0 aliphatic rings. The summed E-state index contributed by atoms with van der Waals surface area (Å²) in [6.07, 6.45) is 0.985. The molecule has 0 aromatic heterocycles. The van der Waals surface area contributed by atoms with Gasteiger partial charge >= 0.3 is 5.97 Å². The van der Waals surface area contributed by atoms with Crippen molar-refractivity contribution in [2.24, 2.45) is 0 Å². The number of anilines is 1. The molecule has 0 fully saturated rings. The minimum absolute atomic E-state index is 0.119. The van der Waals surface area contributed by atoms with E-state index in [1.165, 1.54) is 26.2 Å². The number of para-hydroxylation sites is 1. The lowest BCUT2D eigenvalue weighted by Gasteiger charge is -2.14. The van der Waals surface area contributed by atoms with Crippen LogP contribution in [0.25, 0.3) is 0 Å². The Hall–Kier alpha value is -2.09. The monoisotopic (exact) mass is 300 g/mol. The molecule has 7 nitrogen and oxygen atoms in total.